The van der Waals surface area contributed by atoms with Gasteiger partial charge in [0.25, 0.3) is 5.91 Å². The highest BCUT2D eigenvalue weighted by Crippen LogP contribution is 2.32. The van der Waals surface area contributed by atoms with E-state index >= 15 is 0 Å². The summed E-state index contributed by atoms with van der Waals surface area (Å²) in [5.74, 6) is -0.227. The molecule has 1 unspecified atom stereocenters. The van der Waals surface area contributed by atoms with Crippen LogP contribution in [0.1, 0.15) is 49.4 Å². The molecule has 0 saturated heterocycles. The molecule has 0 bridgehead atoms. The fourth-order valence-corrected chi connectivity index (χ4v) is 3.14. The molecule has 1 aromatic heterocycles. The summed E-state index contributed by atoms with van der Waals surface area (Å²) in [6, 6.07) is 3.67. The first-order valence-electron chi connectivity index (χ1n) is 7.01. The summed E-state index contributed by atoms with van der Waals surface area (Å²) in [6.07, 6.45) is 6.63. The minimum atomic E-state index is -0.892. The molecule has 1 fully saturated rings. The third-order valence-corrected chi connectivity index (χ3v) is 4.60. The highest BCUT2D eigenvalue weighted by atomic mass is 35.5. The van der Waals surface area contributed by atoms with E-state index in [9.17, 15) is 10.1 Å². The molecule has 1 amide bonds. The van der Waals surface area contributed by atoms with Gasteiger partial charge in [0.2, 0.25) is 0 Å². The van der Waals surface area contributed by atoms with E-state index < -0.39 is 5.54 Å². The first-order chi connectivity index (χ1) is 9.96. The Morgan fingerprint density at radius 2 is 2.10 bits per heavy atom. The topological polar surface area (TPSA) is 65.8 Å². The van der Waals surface area contributed by atoms with Crippen molar-refractivity contribution in [3.8, 4) is 6.07 Å². The van der Waals surface area contributed by atoms with Crippen molar-refractivity contribution in [2.24, 2.45) is 5.92 Å². The minimum Gasteiger partial charge on any atom is -0.334 e. The number of hydrogen-bond donors (Lipinski definition) is 1. The van der Waals surface area contributed by atoms with E-state index in [2.05, 4.69) is 16.4 Å². The van der Waals surface area contributed by atoms with Crippen molar-refractivity contribution in [1.82, 2.24) is 10.3 Å². The maximum absolute atomic E-state index is 12.4. The second-order valence-corrected chi connectivity index (χ2v) is 6.38. The molecule has 6 heteroatoms. The van der Waals surface area contributed by atoms with Gasteiger partial charge in [0, 0.05) is 6.20 Å². The van der Waals surface area contributed by atoms with Crippen LogP contribution in [0.4, 0.5) is 0 Å². The van der Waals surface area contributed by atoms with Crippen molar-refractivity contribution in [1.29, 1.82) is 5.26 Å². The van der Waals surface area contributed by atoms with Crippen molar-refractivity contribution < 1.29 is 4.79 Å². The molecule has 21 heavy (non-hydrogen) atoms. The van der Waals surface area contributed by atoms with Gasteiger partial charge in [0.15, 0.2) is 0 Å². The van der Waals surface area contributed by atoms with Crippen LogP contribution < -0.4 is 5.32 Å². The number of rotatable bonds is 3. The minimum absolute atomic E-state index is 0.163. The van der Waals surface area contributed by atoms with Crippen LogP contribution in [-0.4, -0.2) is 16.4 Å². The second-order valence-electron chi connectivity index (χ2n) is 5.59. The molecule has 2 rings (SSSR count). The van der Waals surface area contributed by atoms with Crippen molar-refractivity contribution in [2.45, 2.75) is 44.6 Å². The number of carbonyl (C=O) groups excluding carboxylic acids is 1. The molecule has 1 aliphatic carbocycles. The summed E-state index contributed by atoms with van der Waals surface area (Å²) in [7, 11) is 0. The van der Waals surface area contributed by atoms with Gasteiger partial charge >= 0.3 is 0 Å². The predicted molar refractivity (Wildman–Crippen MR) is 82.3 cm³/mol. The molecule has 0 aromatic carbocycles. The van der Waals surface area contributed by atoms with Crippen LogP contribution in [-0.2, 0) is 0 Å². The Morgan fingerprint density at radius 3 is 2.71 bits per heavy atom. The zero-order valence-electron chi connectivity index (χ0n) is 11.8. The van der Waals surface area contributed by atoms with Crippen LogP contribution >= 0.6 is 23.2 Å². The van der Waals surface area contributed by atoms with E-state index in [1.54, 1.807) is 6.92 Å². The molecule has 1 aliphatic rings. The Balaban J connectivity index is 2.19. The fraction of sp³-hybridized carbons (Fsp3) is 0.533. The molecule has 1 saturated carbocycles. The van der Waals surface area contributed by atoms with Crippen LogP contribution in [0.3, 0.4) is 0 Å². The van der Waals surface area contributed by atoms with E-state index in [4.69, 9.17) is 23.2 Å². The van der Waals surface area contributed by atoms with Gasteiger partial charge < -0.3 is 5.32 Å². The first-order valence-corrected chi connectivity index (χ1v) is 7.76. The second kappa shape index (κ2) is 6.64. The Kier molecular flexibility index (Phi) is 5.08. The predicted octanol–water partition coefficient (Wildman–Crippen LogP) is 3.98. The summed E-state index contributed by atoms with van der Waals surface area (Å²) < 4.78 is 0. The smallest absolute Gasteiger partial charge is 0.254 e. The summed E-state index contributed by atoms with van der Waals surface area (Å²) in [5.41, 5.74) is -0.648. The lowest BCUT2D eigenvalue weighted by molar-refractivity contribution is 0.0886. The van der Waals surface area contributed by atoms with Gasteiger partial charge in [0.1, 0.15) is 10.7 Å². The van der Waals surface area contributed by atoms with Crippen LogP contribution in [0.2, 0.25) is 10.2 Å². The Hall–Kier alpha value is -1.31. The van der Waals surface area contributed by atoms with Crippen LogP contribution in [0.15, 0.2) is 12.3 Å². The number of halogens is 2. The van der Waals surface area contributed by atoms with Gasteiger partial charge in [-0.05, 0) is 31.7 Å². The zero-order valence-corrected chi connectivity index (χ0v) is 13.3. The standard InChI is InChI=1S/C15H17Cl2N3O/c1-15(9-18,10-5-3-2-4-6-10)20-14(21)11-7-13(17)19-8-12(11)16/h7-8,10H,2-6H2,1H3,(H,20,21). The molecular weight excluding hydrogens is 309 g/mol. The normalized spacial score (nSPS) is 18.6. The number of amides is 1. The largest absolute Gasteiger partial charge is 0.334 e. The molecule has 4 nitrogen and oxygen atoms in total. The summed E-state index contributed by atoms with van der Waals surface area (Å²) >= 11 is 11.8. The summed E-state index contributed by atoms with van der Waals surface area (Å²) in [5, 5.41) is 12.8. The maximum Gasteiger partial charge on any atom is 0.254 e. The summed E-state index contributed by atoms with van der Waals surface area (Å²) in [4.78, 5) is 16.2. The fourth-order valence-electron chi connectivity index (χ4n) is 2.79. The molecule has 0 aliphatic heterocycles. The SMILES string of the molecule is CC(C#N)(NC(=O)c1cc(Cl)ncc1Cl)C1CCCCC1. The maximum atomic E-state index is 12.4. The van der Waals surface area contributed by atoms with Crippen LogP contribution in [0.5, 0.6) is 0 Å². The van der Waals surface area contributed by atoms with Gasteiger partial charge in [-0.1, -0.05) is 42.5 Å². The highest BCUT2D eigenvalue weighted by molar-refractivity contribution is 6.35. The third kappa shape index (κ3) is 3.66. The third-order valence-electron chi connectivity index (χ3n) is 4.09. The van der Waals surface area contributed by atoms with Crippen LogP contribution in [0.25, 0.3) is 0 Å². The quantitative estimate of drug-likeness (QED) is 0.854. The zero-order chi connectivity index (χ0) is 15.5. The van der Waals surface area contributed by atoms with Crippen molar-refractivity contribution in [2.75, 3.05) is 0 Å². The van der Waals surface area contributed by atoms with Crippen molar-refractivity contribution >= 4 is 29.1 Å². The average molecular weight is 326 g/mol. The van der Waals surface area contributed by atoms with Gasteiger partial charge in [-0.2, -0.15) is 5.26 Å². The lowest BCUT2D eigenvalue weighted by atomic mass is 9.76. The van der Waals surface area contributed by atoms with Crippen molar-refractivity contribution in [3.63, 3.8) is 0 Å². The number of nitrogens with one attached hydrogen (secondary N) is 1. The number of pyridine rings is 1. The molecule has 1 aromatic rings. The Labute approximate surface area is 134 Å². The van der Waals surface area contributed by atoms with Gasteiger partial charge in [0.05, 0.1) is 16.7 Å². The molecule has 0 spiro atoms. The van der Waals surface area contributed by atoms with Gasteiger partial charge in [-0.3, -0.25) is 4.79 Å². The molecular formula is C15H17Cl2N3O. The highest BCUT2D eigenvalue weighted by Gasteiger charge is 2.37. The van der Waals surface area contributed by atoms with E-state index in [0.717, 1.165) is 25.7 Å². The lowest BCUT2D eigenvalue weighted by Gasteiger charge is -2.35. The van der Waals surface area contributed by atoms with E-state index in [1.165, 1.54) is 18.7 Å². The Morgan fingerprint density at radius 1 is 1.43 bits per heavy atom. The molecule has 112 valence electrons. The van der Waals surface area contributed by atoms with Crippen LogP contribution in [0, 0.1) is 17.2 Å². The lowest BCUT2D eigenvalue weighted by Crippen LogP contribution is -2.51. The van der Waals surface area contributed by atoms with E-state index in [0.29, 0.717) is 0 Å². The first kappa shape index (κ1) is 16.1. The number of nitriles is 1. The van der Waals surface area contributed by atoms with Crippen molar-refractivity contribution in [3.05, 3.63) is 28.0 Å². The average Bonchev–Trinajstić information content (AvgIpc) is 2.50. The number of aromatic nitrogens is 1. The molecule has 1 atom stereocenters. The molecule has 1 N–H and O–H groups in total. The number of carbonyl (C=O) groups is 1. The Bertz CT molecular complexity index is 579. The van der Waals surface area contributed by atoms with E-state index in [-0.39, 0.29) is 27.6 Å². The number of nitrogens with zero attached hydrogens (tertiary/aromatic N) is 2. The number of hydrogen-bond acceptors (Lipinski definition) is 3. The molecule has 0 radical (unpaired) electrons. The summed E-state index contributed by atoms with van der Waals surface area (Å²) in [6.45, 7) is 1.78. The van der Waals surface area contributed by atoms with Gasteiger partial charge in [-0.15, -0.1) is 0 Å². The van der Waals surface area contributed by atoms with E-state index in [1.807, 2.05) is 0 Å². The van der Waals surface area contributed by atoms with Gasteiger partial charge in [-0.25, -0.2) is 4.98 Å². The monoisotopic (exact) mass is 325 g/mol. The molecule has 1 heterocycles.